The van der Waals surface area contributed by atoms with Crippen LogP contribution in [-0.2, 0) is 6.42 Å². The largest absolute Gasteiger partial charge is 0.390 e. The van der Waals surface area contributed by atoms with Crippen molar-refractivity contribution in [1.29, 1.82) is 0 Å². The van der Waals surface area contributed by atoms with Gasteiger partial charge in [-0.25, -0.2) is 0 Å². The molecule has 0 aliphatic carbocycles. The topological polar surface area (TPSA) is 29.3 Å². The first kappa shape index (κ1) is 17.0. The van der Waals surface area contributed by atoms with Crippen LogP contribution in [0.1, 0.15) is 36.9 Å². The molecule has 20 heavy (non-hydrogen) atoms. The highest BCUT2D eigenvalue weighted by Crippen LogP contribution is 2.20. The second-order valence-electron chi connectivity index (χ2n) is 5.23. The quantitative estimate of drug-likeness (QED) is 0.831. The normalized spacial score (nSPS) is 13.8. The zero-order chi connectivity index (χ0) is 15.2. The number of halogens is 3. The van der Waals surface area contributed by atoms with Crippen molar-refractivity contribution in [3.8, 4) is 0 Å². The fourth-order valence-electron chi connectivity index (χ4n) is 2.07. The number of hydrogen-bond acceptors (Lipinski definition) is 2. The maximum absolute atomic E-state index is 12.1. The number of rotatable bonds is 7. The van der Waals surface area contributed by atoms with Crippen molar-refractivity contribution in [1.82, 2.24) is 4.90 Å². The highest BCUT2D eigenvalue weighted by Gasteiger charge is 2.27. The lowest BCUT2D eigenvalue weighted by molar-refractivity contribution is -0.137. The summed E-state index contributed by atoms with van der Waals surface area (Å²) in [4.78, 5) is 1.62. The monoisotopic (exact) mass is 288 g/mol. The summed E-state index contributed by atoms with van der Waals surface area (Å²) in [5, 5.41) is 0. The van der Waals surface area contributed by atoms with E-state index in [-0.39, 0.29) is 12.6 Å². The predicted octanol–water partition coefficient (Wildman–Crippen LogP) is 3.52. The van der Waals surface area contributed by atoms with Crippen LogP contribution in [0, 0.1) is 0 Å². The number of aryl methyl sites for hydroxylation is 1. The first-order valence-corrected chi connectivity index (χ1v) is 6.91. The Kier molecular flexibility index (Phi) is 6.49. The van der Waals surface area contributed by atoms with E-state index in [2.05, 4.69) is 6.92 Å². The third kappa shape index (κ3) is 6.39. The molecule has 0 bridgehead atoms. The number of hydrogen-bond donors (Lipinski definition) is 1. The molecular formula is C15H23F3N2. The van der Waals surface area contributed by atoms with Gasteiger partial charge in [0.05, 0.1) is 6.42 Å². The van der Waals surface area contributed by atoms with E-state index in [1.54, 1.807) is 11.9 Å². The number of alkyl halides is 3. The summed E-state index contributed by atoms with van der Waals surface area (Å²) in [6.45, 7) is 2.52. The Morgan fingerprint density at radius 3 is 2.30 bits per heavy atom. The summed E-state index contributed by atoms with van der Waals surface area (Å²) >= 11 is 0. The van der Waals surface area contributed by atoms with Gasteiger partial charge in [0.25, 0.3) is 0 Å². The highest BCUT2D eigenvalue weighted by atomic mass is 19.4. The Morgan fingerprint density at radius 2 is 1.80 bits per heavy atom. The van der Waals surface area contributed by atoms with Gasteiger partial charge in [0, 0.05) is 19.1 Å². The molecule has 1 aromatic rings. The van der Waals surface area contributed by atoms with Gasteiger partial charge in [-0.3, -0.25) is 0 Å². The molecule has 0 aliphatic heterocycles. The molecule has 0 fully saturated rings. The average molecular weight is 288 g/mol. The van der Waals surface area contributed by atoms with Crippen LogP contribution in [-0.4, -0.2) is 31.2 Å². The molecule has 1 unspecified atom stereocenters. The van der Waals surface area contributed by atoms with Crippen molar-refractivity contribution >= 4 is 0 Å². The van der Waals surface area contributed by atoms with Crippen LogP contribution >= 0.6 is 0 Å². The Morgan fingerprint density at radius 1 is 1.20 bits per heavy atom. The van der Waals surface area contributed by atoms with Crippen molar-refractivity contribution in [3.05, 3.63) is 35.4 Å². The molecule has 0 radical (unpaired) electrons. The van der Waals surface area contributed by atoms with Crippen molar-refractivity contribution in [2.24, 2.45) is 5.73 Å². The second kappa shape index (κ2) is 7.64. The number of nitrogens with zero attached hydrogens (tertiary/aromatic N) is 1. The van der Waals surface area contributed by atoms with E-state index in [0.717, 1.165) is 18.4 Å². The van der Waals surface area contributed by atoms with Crippen LogP contribution in [0.3, 0.4) is 0 Å². The van der Waals surface area contributed by atoms with E-state index in [0.29, 0.717) is 6.54 Å². The summed E-state index contributed by atoms with van der Waals surface area (Å²) in [5.41, 5.74) is 8.26. The molecule has 0 aromatic heterocycles. The minimum Gasteiger partial charge on any atom is -0.323 e. The second-order valence-corrected chi connectivity index (χ2v) is 5.23. The number of benzene rings is 1. The molecule has 2 N–H and O–H groups in total. The van der Waals surface area contributed by atoms with Crippen LogP contribution in [0.25, 0.3) is 0 Å². The zero-order valence-corrected chi connectivity index (χ0v) is 12.1. The van der Waals surface area contributed by atoms with Crippen molar-refractivity contribution in [3.63, 3.8) is 0 Å². The molecule has 0 spiro atoms. The van der Waals surface area contributed by atoms with Crippen LogP contribution in [0.5, 0.6) is 0 Å². The standard InChI is InChI=1S/C15H23F3N2/c1-3-4-12-5-7-13(8-6-12)14(19)11-20(2)10-9-15(16,17)18/h5-8,14H,3-4,9-11,19H2,1-2H3. The Bertz CT molecular complexity index is 387. The van der Waals surface area contributed by atoms with Crippen LogP contribution in [0.4, 0.5) is 13.2 Å². The van der Waals surface area contributed by atoms with Gasteiger partial charge in [0.1, 0.15) is 0 Å². The molecule has 0 amide bonds. The number of likely N-dealkylation sites (N-methyl/N-ethyl adjacent to an activating group) is 1. The van der Waals surface area contributed by atoms with E-state index in [1.807, 2.05) is 24.3 Å². The Balaban J connectivity index is 2.47. The molecule has 0 saturated carbocycles. The van der Waals surface area contributed by atoms with E-state index in [4.69, 9.17) is 5.73 Å². The van der Waals surface area contributed by atoms with Gasteiger partial charge in [0.15, 0.2) is 0 Å². The van der Waals surface area contributed by atoms with Crippen LogP contribution in [0.2, 0.25) is 0 Å². The fourth-order valence-corrected chi connectivity index (χ4v) is 2.07. The summed E-state index contributed by atoms with van der Waals surface area (Å²) in [5.74, 6) is 0. The van der Waals surface area contributed by atoms with Gasteiger partial charge >= 0.3 is 6.18 Å². The smallest absolute Gasteiger partial charge is 0.323 e. The van der Waals surface area contributed by atoms with E-state index in [9.17, 15) is 13.2 Å². The van der Waals surface area contributed by atoms with Crippen molar-refractivity contribution < 1.29 is 13.2 Å². The Labute approximate surface area is 118 Å². The highest BCUT2D eigenvalue weighted by molar-refractivity contribution is 5.25. The third-order valence-corrected chi connectivity index (χ3v) is 3.23. The minimum atomic E-state index is -4.11. The molecule has 0 aliphatic rings. The molecule has 114 valence electrons. The van der Waals surface area contributed by atoms with Gasteiger partial charge in [-0.1, -0.05) is 37.6 Å². The van der Waals surface area contributed by atoms with E-state index < -0.39 is 12.6 Å². The lowest BCUT2D eigenvalue weighted by Gasteiger charge is -2.22. The summed E-state index contributed by atoms with van der Waals surface area (Å²) in [6, 6.07) is 7.74. The van der Waals surface area contributed by atoms with Crippen LogP contribution in [0.15, 0.2) is 24.3 Å². The predicted molar refractivity (Wildman–Crippen MR) is 75.5 cm³/mol. The maximum Gasteiger partial charge on any atom is 0.390 e. The minimum absolute atomic E-state index is 0.0227. The lowest BCUT2D eigenvalue weighted by Crippen LogP contribution is -2.31. The van der Waals surface area contributed by atoms with Gasteiger partial charge in [0.2, 0.25) is 0 Å². The first-order valence-electron chi connectivity index (χ1n) is 6.91. The zero-order valence-electron chi connectivity index (χ0n) is 12.1. The third-order valence-electron chi connectivity index (χ3n) is 3.23. The average Bonchev–Trinajstić information content (AvgIpc) is 2.37. The fraction of sp³-hybridized carbons (Fsp3) is 0.600. The SMILES string of the molecule is CCCc1ccc(C(N)CN(C)CCC(F)(F)F)cc1. The number of nitrogens with two attached hydrogens (primary N) is 1. The molecule has 0 heterocycles. The first-order chi connectivity index (χ1) is 9.31. The van der Waals surface area contributed by atoms with E-state index >= 15 is 0 Å². The van der Waals surface area contributed by atoms with Crippen molar-refractivity contribution in [2.75, 3.05) is 20.1 Å². The molecule has 1 rings (SSSR count). The van der Waals surface area contributed by atoms with Crippen molar-refractivity contribution in [2.45, 2.75) is 38.4 Å². The molecule has 2 nitrogen and oxygen atoms in total. The van der Waals surface area contributed by atoms with Gasteiger partial charge in [-0.2, -0.15) is 13.2 Å². The summed E-state index contributed by atoms with van der Waals surface area (Å²) in [7, 11) is 1.66. The molecule has 5 heteroatoms. The molecule has 1 aromatic carbocycles. The van der Waals surface area contributed by atoms with E-state index in [1.165, 1.54) is 5.56 Å². The Hall–Kier alpha value is -1.07. The summed E-state index contributed by atoms with van der Waals surface area (Å²) < 4.78 is 36.4. The maximum atomic E-state index is 12.1. The van der Waals surface area contributed by atoms with Crippen LogP contribution < -0.4 is 5.73 Å². The molecular weight excluding hydrogens is 265 g/mol. The van der Waals surface area contributed by atoms with Gasteiger partial charge in [-0.05, 0) is 24.6 Å². The van der Waals surface area contributed by atoms with Gasteiger partial charge in [-0.15, -0.1) is 0 Å². The van der Waals surface area contributed by atoms with Gasteiger partial charge < -0.3 is 10.6 Å². The summed E-state index contributed by atoms with van der Waals surface area (Å²) in [6.07, 6.45) is -2.79. The molecule has 1 atom stereocenters. The molecule has 0 saturated heterocycles. The lowest BCUT2D eigenvalue weighted by atomic mass is 10.0.